The van der Waals surface area contributed by atoms with Crippen LogP contribution in [-0.4, -0.2) is 38.2 Å². The summed E-state index contributed by atoms with van der Waals surface area (Å²) in [5, 5.41) is 0.750. The van der Waals surface area contributed by atoms with E-state index in [1.807, 2.05) is 42.5 Å². The lowest BCUT2D eigenvalue weighted by molar-refractivity contribution is 0.0730. The Hall–Kier alpha value is -3.97. The molecule has 4 aromatic rings. The summed E-state index contributed by atoms with van der Waals surface area (Å²) in [7, 11) is 3.19. The fraction of sp³-hybridized carbons (Fsp3) is 0.290. The number of hydrogen-bond donors (Lipinski definition) is 0. The van der Waals surface area contributed by atoms with Crippen LogP contribution in [0.3, 0.4) is 0 Å². The van der Waals surface area contributed by atoms with Gasteiger partial charge in [-0.05, 0) is 65.9 Å². The quantitative estimate of drug-likeness (QED) is 0.245. The van der Waals surface area contributed by atoms with Crippen molar-refractivity contribution < 1.29 is 23.4 Å². The molecule has 1 aromatic heterocycles. The zero-order valence-corrected chi connectivity index (χ0v) is 23.1. The Kier molecular flexibility index (Phi) is 7.53. The van der Waals surface area contributed by atoms with Gasteiger partial charge in [0.2, 0.25) is 5.76 Å². The van der Waals surface area contributed by atoms with Gasteiger partial charge in [0.1, 0.15) is 11.3 Å². The average Bonchev–Trinajstić information content (AvgIpc) is 3.22. The third-order valence-corrected chi connectivity index (χ3v) is 7.04. The number of benzene rings is 3. The Labute approximate surface area is 231 Å². The highest BCUT2D eigenvalue weighted by Gasteiger charge is 2.42. The molecule has 0 radical (unpaired) electrons. The number of amides is 1. The van der Waals surface area contributed by atoms with Crippen molar-refractivity contribution >= 4 is 28.5 Å². The van der Waals surface area contributed by atoms with Crippen LogP contribution in [-0.2, 0) is 6.42 Å². The zero-order valence-electron chi connectivity index (χ0n) is 22.3. The van der Waals surface area contributed by atoms with Crippen LogP contribution in [0, 0.1) is 5.92 Å². The molecule has 0 bridgehead atoms. The smallest absolute Gasteiger partial charge is 0.290 e. The molecule has 2 heterocycles. The number of fused-ring (bicyclic) bond motifs is 2. The van der Waals surface area contributed by atoms with Gasteiger partial charge in [0.25, 0.3) is 5.91 Å². The highest BCUT2D eigenvalue weighted by Crippen LogP contribution is 2.41. The number of ether oxygens (including phenoxy) is 3. The Bertz CT molecular complexity index is 1580. The fourth-order valence-corrected chi connectivity index (χ4v) is 5.01. The van der Waals surface area contributed by atoms with E-state index in [0.29, 0.717) is 58.5 Å². The van der Waals surface area contributed by atoms with Gasteiger partial charge in [-0.25, -0.2) is 0 Å². The lowest BCUT2D eigenvalue weighted by atomic mass is 9.97. The Morgan fingerprint density at radius 3 is 2.41 bits per heavy atom. The van der Waals surface area contributed by atoms with E-state index in [0.717, 1.165) is 16.9 Å². The molecular weight excluding hydrogens is 518 g/mol. The summed E-state index contributed by atoms with van der Waals surface area (Å²) in [6.07, 6.45) is 0.576. The van der Waals surface area contributed by atoms with E-state index in [4.69, 9.17) is 30.2 Å². The van der Waals surface area contributed by atoms with Crippen LogP contribution in [0.2, 0.25) is 5.02 Å². The molecule has 8 heteroatoms. The van der Waals surface area contributed by atoms with Gasteiger partial charge in [0.05, 0.1) is 37.8 Å². The number of hydrogen-bond acceptors (Lipinski definition) is 6. The predicted molar refractivity (Wildman–Crippen MR) is 150 cm³/mol. The average molecular weight is 548 g/mol. The van der Waals surface area contributed by atoms with Crippen LogP contribution in [0.25, 0.3) is 11.0 Å². The second kappa shape index (κ2) is 11.0. The molecule has 5 rings (SSSR count). The van der Waals surface area contributed by atoms with Crippen molar-refractivity contribution in [1.82, 2.24) is 4.90 Å². The summed E-state index contributed by atoms with van der Waals surface area (Å²) in [6, 6.07) is 17.4. The van der Waals surface area contributed by atoms with E-state index in [1.165, 1.54) is 0 Å². The monoisotopic (exact) mass is 547 g/mol. The van der Waals surface area contributed by atoms with Crippen LogP contribution < -0.4 is 19.6 Å². The van der Waals surface area contributed by atoms with E-state index >= 15 is 0 Å². The number of carbonyl (C=O) groups is 1. The molecule has 1 aliphatic heterocycles. The van der Waals surface area contributed by atoms with Crippen molar-refractivity contribution in [3.05, 3.63) is 98.4 Å². The third-order valence-electron chi connectivity index (χ3n) is 6.80. The van der Waals surface area contributed by atoms with Gasteiger partial charge in [0, 0.05) is 11.6 Å². The second-order valence-electron chi connectivity index (χ2n) is 9.93. The highest BCUT2D eigenvalue weighted by molar-refractivity contribution is 6.31. The zero-order chi connectivity index (χ0) is 27.7. The fourth-order valence-electron chi connectivity index (χ4n) is 4.84. The standard InChI is InChI=1S/C31H30ClNO6/c1-18(2)17-38-25-11-7-20(15-26(25)37-4)28-27-29(34)23-16-21(32)8-12-24(23)39-30(27)31(35)33(28)14-13-19-5-9-22(36-3)10-6-19/h5-12,15-16,18,28H,13-14,17H2,1-4H3. The maximum Gasteiger partial charge on any atom is 0.290 e. The summed E-state index contributed by atoms with van der Waals surface area (Å²) in [4.78, 5) is 29.3. The van der Waals surface area contributed by atoms with E-state index in [9.17, 15) is 9.59 Å². The number of rotatable bonds is 9. The van der Waals surface area contributed by atoms with Gasteiger partial charge < -0.3 is 23.5 Å². The first-order valence-electron chi connectivity index (χ1n) is 12.8. The topological polar surface area (TPSA) is 78.2 Å². The molecule has 0 N–H and O–H groups in total. The molecule has 0 saturated heterocycles. The predicted octanol–water partition coefficient (Wildman–Crippen LogP) is 6.29. The first kappa shape index (κ1) is 26.6. The maximum absolute atomic E-state index is 13.8. The minimum absolute atomic E-state index is 0.0497. The van der Waals surface area contributed by atoms with Gasteiger partial charge in [-0.15, -0.1) is 0 Å². The Morgan fingerprint density at radius 1 is 0.949 bits per heavy atom. The molecule has 0 saturated carbocycles. The van der Waals surface area contributed by atoms with E-state index in [1.54, 1.807) is 37.3 Å². The number of carbonyl (C=O) groups excluding carboxylic acids is 1. The van der Waals surface area contributed by atoms with Crippen LogP contribution in [0.15, 0.2) is 69.9 Å². The molecule has 7 nitrogen and oxygen atoms in total. The highest BCUT2D eigenvalue weighted by atomic mass is 35.5. The first-order valence-corrected chi connectivity index (χ1v) is 13.2. The third kappa shape index (κ3) is 5.19. The Morgan fingerprint density at radius 2 is 1.72 bits per heavy atom. The van der Waals surface area contributed by atoms with Crippen LogP contribution >= 0.6 is 11.6 Å². The van der Waals surface area contributed by atoms with Gasteiger partial charge >= 0.3 is 0 Å². The van der Waals surface area contributed by atoms with Gasteiger partial charge in [0.15, 0.2) is 16.9 Å². The van der Waals surface area contributed by atoms with Crippen molar-refractivity contribution in [2.45, 2.75) is 26.3 Å². The molecular formula is C31H30ClNO6. The normalized spacial score (nSPS) is 14.7. The molecule has 1 unspecified atom stereocenters. The number of methoxy groups -OCH3 is 2. The molecule has 1 aliphatic rings. The van der Waals surface area contributed by atoms with Crippen LogP contribution in [0.4, 0.5) is 0 Å². The minimum atomic E-state index is -0.668. The van der Waals surface area contributed by atoms with Crippen LogP contribution in [0.1, 0.15) is 47.1 Å². The Balaban J connectivity index is 1.59. The van der Waals surface area contributed by atoms with Gasteiger partial charge in [-0.2, -0.15) is 0 Å². The second-order valence-corrected chi connectivity index (χ2v) is 10.4. The summed E-state index contributed by atoms with van der Waals surface area (Å²) in [6.45, 7) is 5.03. The summed E-state index contributed by atoms with van der Waals surface area (Å²) in [5.41, 5.74) is 2.09. The number of nitrogens with zero attached hydrogens (tertiary/aromatic N) is 1. The number of halogens is 1. The lowest BCUT2D eigenvalue weighted by Gasteiger charge is -2.26. The maximum atomic E-state index is 13.8. The van der Waals surface area contributed by atoms with Gasteiger partial charge in [-0.1, -0.05) is 43.6 Å². The molecule has 0 aliphatic carbocycles. The molecule has 1 amide bonds. The first-order chi connectivity index (χ1) is 18.8. The summed E-state index contributed by atoms with van der Waals surface area (Å²) in [5.74, 6) is 1.93. The lowest BCUT2D eigenvalue weighted by Crippen LogP contribution is -2.31. The van der Waals surface area contributed by atoms with Crippen molar-refractivity contribution in [1.29, 1.82) is 0 Å². The summed E-state index contributed by atoms with van der Waals surface area (Å²) < 4.78 is 22.9. The SMILES string of the molecule is COc1ccc(CCN2C(=O)c3oc4ccc(Cl)cc4c(=O)c3C2c2ccc(OCC(C)C)c(OC)c2)cc1. The van der Waals surface area contributed by atoms with E-state index in [-0.39, 0.29) is 17.1 Å². The van der Waals surface area contributed by atoms with E-state index < -0.39 is 6.04 Å². The summed E-state index contributed by atoms with van der Waals surface area (Å²) >= 11 is 6.20. The molecule has 202 valence electrons. The van der Waals surface area contributed by atoms with Crippen molar-refractivity contribution in [2.24, 2.45) is 5.92 Å². The van der Waals surface area contributed by atoms with E-state index in [2.05, 4.69) is 13.8 Å². The van der Waals surface area contributed by atoms with Crippen molar-refractivity contribution in [3.63, 3.8) is 0 Å². The minimum Gasteiger partial charge on any atom is -0.497 e. The van der Waals surface area contributed by atoms with Crippen molar-refractivity contribution in [3.8, 4) is 17.2 Å². The molecule has 3 aromatic carbocycles. The molecule has 0 fully saturated rings. The molecule has 39 heavy (non-hydrogen) atoms. The van der Waals surface area contributed by atoms with Crippen molar-refractivity contribution in [2.75, 3.05) is 27.4 Å². The largest absolute Gasteiger partial charge is 0.497 e. The van der Waals surface area contributed by atoms with Gasteiger partial charge in [-0.3, -0.25) is 9.59 Å². The molecule has 0 spiro atoms. The molecule has 1 atom stereocenters. The van der Waals surface area contributed by atoms with Crippen LogP contribution in [0.5, 0.6) is 17.2 Å².